The van der Waals surface area contributed by atoms with Gasteiger partial charge in [0, 0.05) is 6.61 Å². The Labute approximate surface area is 140 Å². The summed E-state index contributed by atoms with van der Waals surface area (Å²) in [5, 5.41) is 0. The van der Waals surface area contributed by atoms with Crippen molar-refractivity contribution in [2.24, 2.45) is 10.8 Å². The van der Waals surface area contributed by atoms with Gasteiger partial charge in [0.1, 0.15) is 5.82 Å². The van der Waals surface area contributed by atoms with Crippen molar-refractivity contribution in [3.05, 3.63) is 30.1 Å². The quantitative estimate of drug-likeness (QED) is 0.654. The molecule has 0 heterocycles. The standard InChI is InChI=1S/C18H29FO3S/c1-17(2,3)13-22-11-7-10-18(4,5)14-23(20,21)16-9-6-8-15(19)12-16/h6,8-9,12H,7,10-11,13-14H2,1-5H3. The summed E-state index contributed by atoms with van der Waals surface area (Å²) in [5.74, 6) is -0.526. The summed E-state index contributed by atoms with van der Waals surface area (Å²) >= 11 is 0. The first-order chi connectivity index (χ1) is 10.4. The van der Waals surface area contributed by atoms with E-state index in [9.17, 15) is 12.8 Å². The van der Waals surface area contributed by atoms with Gasteiger partial charge in [0.2, 0.25) is 0 Å². The molecule has 0 saturated carbocycles. The Morgan fingerprint density at radius 2 is 1.78 bits per heavy atom. The second kappa shape index (κ2) is 7.75. The van der Waals surface area contributed by atoms with E-state index in [2.05, 4.69) is 20.8 Å². The van der Waals surface area contributed by atoms with E-state index in [1.165, 1.54) is 18.2 Å². The third-order valence-corrected chi connectivity index (χ3v) is 5.55. The van der Waals surface area contributed by atoms with Crippen LogP contribution in [0.2, 0.25) is 0 Å². The lowest BCUT2D eigenvalue weighted by Gasteiger charge is -2.25. The average molecular weight is 344 g/mol. The fourth-order valence-corrected chi connectivity index (χ4v) is 4.28. The molecule has 0 aliphatic carbocycles. The van der Waals surface area contributed by atoms with E-state index in [0.29, 0.717) is 13.2 Å². The molecular weight excluding hydrogens is 315 g/mol. The van der Waals surface area contributed by atoms with E-state index in [0.717, 1.165) is 18.9 Å². The molecule has 3 nitrogen and oxygen atoms in total. The summed E-state index contributed by atoms with van der Waals surface area (Å²) in [7, 11) is -3.49. The van der Waals surface area contributed by atoms with Gasteiger partial charge < -0.3 is 4.74 Å². The summed E-state index contributed by atoms with van der Waals surface area (Å²) in [5.41, 5.74) is -0.244. The number of sulfone groups is 1. The first-order valence-electron chi connectivity index (χ1n) is 7.97. The molecule has 0 N–H and O–H groups in total. The smallest absolute Gasteiger partial charge is 0.179 e. The zero-order chi connectivity index (χ0) is 17.7. The Morgan fingerprint density at radius 1 is 1.13 bits per heavy atom. The maximum absolute atomic E-state index is 13.2. The van der Waals surface area contributed by atoms with Crippen molar-refractivity contribution in [3.63, 3.8) is 0 Å². The van der Waals surface area contributed by atoms with Crippen LogP contribution in [0, 0.1) is 16.6 Å². The summed E-state index contributed by atoms with van der Waals surface area (Å²) < 4.78 is 43.7. The zero-order valence-corrected chi connectivity index (χ0v) is 15.7. The van der Waals surface area contributed by atoms with Gasteiger partial charge >= 0.3 is 0 Å². The lowest BCUT2D eigenvalue weighted by molar-refractivity contribution is 0.0649. The van der Waals surface area contributed by atoms with E-state index in [1.54, 1.807) is 0 Å². The first kappa shape index (κ1) is 20.1. The average Bonchev–Trinajstić information content (AvgIpc) is 2.35. The van der Waals surface area contributed by atoms with Crippen molar-refractivity contribution < 1.29 is 17.5 Å². The highest BCUT2D eigenvalue weighted by atomic mass is 32.2. The topological polar surface area (TPSA) is 43.4 Å². The lowest BCUT2D eigenvalue weighted by Crippen LogP contribution is -2.25. The van der Waals surface area contributed by atoms with Gasteiger partial charge in [-0.3, -0.25) is 0 Å². The SMILES string of the molecule is CC(C)(C)COCCCC(C)(C)CS(=O)(=O)c1cccc(F)c1. The van der Waals surface area contributed by atoms with Crippen LogP contribution in [0.4, 0.5) is 4.39 Å². The largest absolute Gasteiger partial charge is 0.381 e. The van der Waals surface area contributed by atoms with Crippen molar-refractivity contribution in [3.8, 4) is 0 Å². The van der Waals surface area contributed by atoms with Gasteiger partial charge in [-0.1, -0.05) is 40.7 Å². The normalized spacial score (nSPS) is 13.3. The van der Waals surface area contributed by atoms with Crippen molar-refractivity contribution in [1.82, 2.24) is 0 Å². The minimum Gasteiger partial charge on any atom is -0.381 e. The third kappa shape index (κ3) is 7.93. The van der Waals surface area contributed by atoms with Crippen LogP contribution in [-0.2, 0) is 14.6 Å². The van der Waals surface area contributed by atoms with Crippen molar-refractivity contribution in [2.75, 3.05) is 19.0 Å². The molecule has 0 atom stereocenters. The molecule has 132 valence electrons. The van der Waals surface area contributed by atoms with Crippen LogP contribution < -0.4 is 0 Å². The van der Waals surface area contributed by atoms with Crippen LogP contribution in [0.25, 0.3) is 0 Å². The summed E-state index contributed by atoms with van der Waals surface area (Å²) in [6.07, 6.45) is 1.55. The molecule has 0 spiro atoms. The van der Waals surface area contributed by atoms with Crippen molar-refractivity contribution in [1.29, 1.82) is 0 Å². The molecule has 1 rings (SSSR count). The maximum Gasteiger partial charge on any atom is 0.179 e. The first-order valence-corrected chi connectivity index (χ1v) is 9.63. The van der Waals surface area contributed by atoms with Crippen LogP contribution in [-0.4, -0.2) is 27.4 Å². The van der Waals surface area contributed by atoms with E-state index in [-0.39, 0.29) is 21.5 Å². The minimum absolute atomic E-state index is 0.00270. The van der Waals surface area contributed by atoms with Gasteiger partial charge in [-0.25, -0.2) is 12.8 Å². The predicted molar refractivity (Wildman–Crippen MR) is 91.7 cm³/mol. The highest BCUT2D eigenvalue weighted by molar-refractivity contribution is 7.91. The number of ether oxygens (including phenoxy) is 1. The van der Waals surface area contributed by atoms with Gasteiger partial charge in [0.05, 0.1) is 17.3 Å². The molecule has 0 amide bonds. The lowest BCUT2D eigenvalue weighted by atomic mass is 9.90. The second-order valence-electron chi connectivity index (χ2n) is 8.10. The summed E-state index contributed by atoms with van der Waals surface area (Å²) in [4.78, 5) is 0.0505. The van der Waals surface area contributed by atoms with Crippen LogP contribution in [0.3, 0.4) is 0 Å². The predicted octanol–water partition coefficient (Wildman–Crippen LogP) is 4.47. The Morgan fingerprint density at radius 3 is 2.35 bits per heavy atom. The molecule has 0 fully saturated rings. The molecule has 1 aromatic carbocycles. The summed E-state index contributed by atoms with van der Waals surface area (Å²) in [6, 6.07) is 5.20. The molecular formula is C18H29FO3S. The molecule has 0 aromatic heterocycles. The monoisotopic (exact) mass is 344 g/mol. The van der Waals surface area contributed by atoms with Crippen molar-refractivity contribution in [2.45, 2.75) is 52.4 Å². The molecule has 5 heteroatoms. The van der Waals surface area contributed by atoms with Gasteiger partial charge in [-0.15, -0.1) is 0 Å². The molecule has 1 aromatic rings. The Kier molecular flexibility index (Phi) is 6.78. The maximum atomic E-state index is 13.2. The molecule has 0 aliphatic rings. The Bertz CT molecular complexity index is 601. The van der Waals surface area contributed by atoms with E-state index < -0.39 is 15.7 Å². The number of benzene rings is 1. The zero-order valence-electron chi connectivity index (χ0n) is 14.9. The number of rotatable bonds is 8. The fourth-order valence-electron chi connectivity index (χ4n) is 2.36. The Balaban J connectivity index is 2.54. The van der Waals surface area contributed by atoms with Crippen LogP contribution in [0.1, 0.15) is 47.5 Å². The molecule has 0 bridgehead atoms. The molecule has 0 aliphatic heterocycles. The highest BCUT2D eigenvalue weighted by Crippen LogP contribution is 2.28. The number of hydrogen-bond acceptors (Lipinski definition) is 3. The van der Waals surface area contributed by atoms with Gasteiger partial charge in [0.15, 0.2) is 9.84 Å². The second-order valence-corrected chi connectivity index (χ2v) is 10.1. The molecule has 0 saturated heterocycles. The number of halogens is 1. The van der Waals surface area contributed by atoms with Crippen LogP contribution >= 0.6 is 0 Å². The molecule has 0 radical (unpaired) electrons. The van der Waals surface area contributed by atoms with Crippen molar-refractivity contribution >= 4 is 9.84 Å². The van der Waals surface area contributed by atoms with E-state index in [4.69, 9.17) is 4.74 Å². The fraction of sp³-hybridized carbons (Fsp3) is 0.667. The molecule has 0 unspecified atom stereocenters. The minimum atomic E-state index is -3.49. The van der Waals surface area contributed by atoms with E-state index >= 15 is 0 Å². The van der Waals surface area contributed by atoms with Gasteiger partial charge in [-0.2, -0.15) is 0 Å². The summed E-state index contributed by atoms with van der Waals surface area (Å²) in [6.45, 7) is 11.5. The number of hydrogen-bond donors (Lipinski definition) is 0. The van der Waals surface area contributed by atoms with Gasteiger partial charge in [0.25, 0.3) is 0 Å². The third-order valence-electron chi connectivity index (χ3n) is 3.41. The van der Waals surface area contributed by atoms with Crippen LogP contribution in [0.5, 0.6) is 0 Å². The van der Waals surface area contributed by atoms with Gasteiger partial charge in [-0.05, 0) is 41.9 Å². The highest BCUT2D eigenvalue weighted by Gasteiger charge is 2.27. The molecule has 23 heavy (non-hydrogen) atoms. The van der Waals surface area contributed by atoms with Crippen LogP contribution in [0.15, 0.2) is 29.2 Å². The Hall–Kier alpha value is -0.940. The van der Waals surface area contributed by atoms with E-state index in [1.807, 2.05) is 13.8 Å².